The predicted molar refractivity (Wildman–Crippen MR) is 82.7 cm³/mol. The molecule has 0 aliphatic heterocycles. The molecule has 0 bridgehead atoms. The summed E-state index contributed by atoms with van der Waals surface area (Å²) in [6.07, 6.45) is 4.23. The minimum Gasteiger partial charge on any atom is -0.497 e. The maximum Gasteiger partial charge on any atom is 0.118 e. The van der Waals surface area contributed by atoms with Gasteiger partial charge in [-0.15, -0.1) is 0 Å². The average molecular weight is 277 g/mol. The molecule has 0 saturated heterocycles. The number of benzene rings is 1. The number of aromatic nitrogens is 1. The first-order chi connectivity index (χ1) is 9.19. The topological polar surface area (TPSA) is 34.4 Å². The van der Waals surface area contributed by atoms with Crippen LogP contribution in [0.4, 0.5) is 0 Å². The summed E-state index contributed by atoms with van der Waals surface area (Å²) in [5.41, 5.74) is 3.56. The summed E-state index contributed by atoms with van der Waals surface area (Å²) in [7, 11) is 3.06. The Balaban J connectivity index is 0.000000861. The van der Waals surface area contributed by atoms with Crippen molar-refractivity contribution in [2.45, 2.75) is 13.5 Å². The molecule has 2 rings (SSSR count). The molecular weight excluding hydrogens is 257 g/mol. The highest BCUT2D eigenvalue weighted by atomic mass is 31.0. The van der Waals surface area contributed by atoms with Crippen molar-refractivity contribution in [1.82, 2.24) is 4.57 Å². The molecule has 1 heterocycles. The Morgan fingerprint density at radius 1 is 1.37 bits per heavy atom. The molecule has 1 aromatic heterocycles. The SMILES string of the molecule is C=C(OC)c1cccc(Cn2ccc(C)c2)c1.OP. The average Bonchev–Trinajstić information content (AvgIpc) is 2.85. The summed E-state index contributed by atoms with van der Waals surface area (Å²) < 4.78 is 7.31. The molecule has 0 radical (unpaired) electrons. The molecule has 1 aromatic carbocycles. The van der Waals surface area contributed by atoms with Gasteiger partial charge in [0.1, 0.15) is 5.76 Å². The first kappa shape index (κ1) is 15.5. The lowest BCUT2D eigenvalue weighted by Gasteiger charge is -2.08. The normalized spacial score (nSPS) is 9.47. The summed E-state index contributed by atoms with van der Waals surface area (Å²) in [4.78, 5) is 6.92. The number of aryl methyl sites for hydroxylation is 1. The highest BCUT2D eigenvalue weighted by Gasteiger charge is 2.01. The van der Waals surface area contributed by atoms with E-state index in [0.717, 1.165) is 12.1 Å². The van der Waals surface area contributed by atoms with Gasteiger partial charge in [0.15, 0.2) is 0 Å². The third-order valence-electron chi connectivity index (χ3n) is 2.76. The summed E-state index contributed by atoms with van der Waals surface area (Å²) in [6.45, 7) is 6.84. The monoisotopic (exact) mass is 277 g/mol. The highest BCUT2D eigenvalue weighted by Crippen LogP contribution is 2.15. The molecule has 1 N–H and O–H groups in total. The third-order valence-corrected chi connectivity index (χ3v) is 2.76. The Labute approximate surface area is 116 Å². The van der Waals surface area contributed by atoms with Crippen LogP contribution in [0, 0.1) is 6.92 Å². The van der Waals surface area contributed by atoms with Crippen molar-refractivity contribution in [3.8, 4) is 0 Å². The molecule has 19 heavy (non-hydrogen) atoms. The van der Waals surface area contributed by atoms with Gasteiger partial charge in [-0.1, -0.05) is 24.8 Å². The van der Waals surface area contributed by atoms with E-state index < -0.39 is 0 Å². The molecule has 0 amide bonds. The van der Waals surface area contributed by atoms with Crippen molar-refractivity contribution in [3.63, 3.8) is 0 Å². The smallest absolute Gasteiger partial charge is 0.118 e. The third kappa shape index (κ3) is 4.55. The van der Waals surface area contributed by atoms with Gasteiger partial charge in [0.25, 0.3) is 0 Å². The zero-order valence-corrected chi connectivity index (χ0v) is 12.5. The van der Waals surface area contributed by atoms with E-state index in [4.69, 9.17) is 9.63 Å². The van der Waals surface area contributed by atoms with Crippen molar-refractivity contribution < 1.29 is 9.63 Å². The lowest BCUT2D eigenvalue weighted by atomic mass is 10.1. The highest BCUT2D eigenvalue weighted by molar-refractivity contribution is 7.08. The van der Waals surface area contributed by atoms with Gasteiger partial charge in [-0.05, 0) is 39.7 Å². The van der Waals surface area contributed by atoms with Crippen LogP contribution in [-0.2, 0) is 11.3 Å². The lowest BCUT2D eigenvalue weighted by Crippen LogP contribution is -1.97. The first-order valence-electron chi connectivity index (χ1n) is 5.89. The fourth-order valence-corrected chi connectivity index (χ4v) is 1.83. The van der Waals surface area contributed by atoms with Crippen molar-refractivity contribution in [2.24, 2.45) is 0 Å². The van der Waals surface area contributed by atoms with Gasteiger partial charge < -0.3 is 14.2 Å². The molecular formula is C15H20NO2P. The van der Waals surface area contributed by atoms with Crippen LogP contribution in [0.1, 0.15) is 16.7 Å². The van der Waals surface area contributed by atoms with E-state index in [1.165, 1.54) is 20.6 Å². The van der Waals surface area contributed by atoms with E-state index in [2.05, 4.69) is 48.7 Å². The van der Waals surface area contributed by atoms with E-state index in [-0.39, 0.29) is 0 Å². The van der Waals surface area contributed by atoms with Gasteiger partial charge in [0.05, 0.1) is 7.11 Å². The Morgan fingerprint density at radius 3 is 2.68 bits per heavy atom. The van der Waals surface area contributed by atoms with Crippen LogP contribution >= 0.6 is 9.47 Å². The molecule has 0 spiro atoms. The molecule has 3 nitrogen and oxygen atoms in total. The minimum absolute atomic E-state index is 0.704. The van der Waals surface area contributed by atoms with Crippen LogP contribution in [-0.4, -0.2) is 16.6 Å². The maximum atomic E-state index is 6.92. The molecule has 1 unspecified atom stereocenters. The van der Waals surface area contributed by atoms with E-state index in [1.807, 2.05) is 12.1 Å². The molecule has 102 valence electrons. The lowest BCUT2D eigenvalue weighted by molar-refractivity contribution is 0.371. The van der Waals surface area contributed by atoms with Crippen LogP contribution in [0.3, 0.4) is 0 Å². The number of hydrogen-bond acceptors (Lipinski definition) is 2. The first-order valence-corrected chi connectivity index (χ1v) is 6.41. The Hall–Kier alpha value is -1.57. The second-order valence-corrected chi connectivity index (χ2v) is 4.19. The van der Waals surface area contributed by atoms with E-state index in [9.17, 15) is 0 Å². The zero-order chi connectivity index (χ0) is 14.3. The minimum atomic E-state index is 0.704. The second-order valence-electron chi connectivity index (χ2n) is 4.19. The quantitative estimate of drug-likeness (QED) is 0.687. The fourth-order valence-electron chi connectivity index (χ4n) is 1.83. The number of nitrogens with zero attached hydrogens (tertiary/aromatic N) is 1. The molecule has 0 saturated carbocycles. The predicted octanol–water partition coefficient (Wildman–Crippen LogP) is 3.23. The number of ether oxygens (including phenoxy) is 1. The zero-order valence-electron chi connectivity index (χ0n) is 11.3. The summed E-state index contributed by atoms with van der Waals surface area (Å²) in [5, 5.41) is 0. The second kappa shape index (κ2) is 7.78. The van der Waals surface area contributed by atoms with Crippen LogP contribution in [0.5, 0.6) is 0 Å². The van der Waals surface area contributed by atoms with Gasteiger partial charge in [-0.3, -0.25) is 0 Å². The summed E-state index contributed by atoms with van der Waals surface area (Å²) >= 11 is 0. The van der Waals surface area contributed by atoms with Gasteiger partial charge in [-0.25, -0.2) is 0 Å². The van der Waals surface area contributed by atoms with Crippen LogP contribution in [0.15, 0.2) is 49.3 Å². The standard InChI is InChI=1S/C15H17NO.H3OP/c1-12-7-8-16(10-12)11-14-5-4-6-15(9-14)13(2)17-3;1-2/h4-10H,2,11H2,1,3H3;1H,2H2. The van der Waals surface area contributed by atoms with E-state index in [1.54, 1.807) is 7.11 Å². The molecule has 0 fully saturated rings. The van der Waals surface area contributed by atoms with Crippen molar-refractivity contribution in [3.05, 3.63) is 66.0 Å². The number of methoxy groups -OCH3 is 1. The molecule has 0 aliphatic carbocycles. The van der Waals surface area contributed by atoms with Gasteiger partial charge in [0, 0.05) is 24.5 Å². The van der Waals surface area contributed by atoms with Crippen LogP contribution in [0.25, 0.3) is 5.76 Å². The molecule has 4 heteroatoms. The maximum absolute atomic E-state index is 6.92. The molecule has 2 aromatic rings. The molecule has 1 atom stereocenters. The van der Waals surface area contributed by atoms with Crippen molar-refractivity contribution in [1.29, 1.82) is 0 Å². The Kier molecular flexibility index (Phi) is 6.34. The molecule has 0 aliphatic rings. The van der Waals surface area contributed by atoms with Crippen LogP contribution in [0.2, 0.25) is 0 Å². The Bertz CT molecular complexity index is 534. The van der Waals surface area contributed by atoms with Crippen LogP contribution < -0.4 is 0 Å². The summed E-state index contributed by atoms with van der Waals surface area (Å²) in [6, 6.07) is 10.4. The van der Waals surface area contributed by atoms with E-state index >= 15 is 0 Å². The summed E-state index contributed by atoms with van der Waals surface area (Å²) in [5.74, 6) is 0.704. The number of hydrogen-bond donors (Lipinski definition) is 1. The van der Waals surface area contributed by atoms with Gasteiger partial charge in [0.2, 0.25) is 0 Å². The van der Waals surface area contributed by atoms with Crippen molar-refractivity contribution in [2.75, 3.05) is 7.11 Å². The van der Waals surface area contributed by atoms with Gasteiger partial charge >= 0.3 is 0 Å². The fraction of sp³-hybridized carbons (Fsp3) is 0.200. The largest absolute Gasteiger partial charge is 0.497 e. The Morgan fingerprint density at radius 2 is 2.11 bits per heavy atom. The van der Waals surface area contributed by atoms with Gasteiger partial charge in [-0.2, -0.15) is 0 Å². The number of rotatable bonds is 4. The van der Waals surface area contributed by atoms with Crippen molar-refractivity contribution >= 4 is 15.2 Å². The van der Waals surface area contributed by atoms with E-state index in [0.29, 0.717) is 5.76 Å².